The summed E-state index contributed by atoms with van der Waals surface area (Å²) in [6.07, 6.45) is 0. The molecule has 0 radical (unpaired) electrons. The number of nitrogens with zero attached hydrogens (tertiary/aromatic N) is 2. The molecule has 0 saturated carbocycles. The first-order valence-electron chi connectivity index (χ1n) is 9.27. The van der Waals surface area contributed by atoms with Crippen molar-refractivity contribution in [3.63, 3.8) is 0 Å². The maximum absolute atomic E-state index is 12.8. The maximum atomic E-state index is 12.8. The van der Waals surface area contributed by atoms with Gasteiger partial charge in [0.15, 0.2) is 5.69 Å². The van der Waals surface area contributed by atoms with Crippen molar-refractivity contribution in [1.82, 2.24) is 9.78 Å². The predicted molar refractivity (Wildman–Crippen MR) is 107 cm³/mol. The van der Waals surface area contributed by atoms with E-state index in [1.54, 1.807) is 57.4 Å². The molecule has 0 amide bonds. The zero-order valence-corrected chi connectivity index (χ0v) is 16.5. The summed E-state index contributed by atoms with van der Waals surface area (Å²) in [6, 6.07) is 16.2. The Balaban J connectivity index is 2.28. The van der Waals surface area contributed by atoms with Crippen LogP contribution in [0.3, 0.4) is 0 Å². The van der Waals surface area contributed by atoms with Gasteiger partial charge in [0, 0.05) is 5.56 Å². The normalized spacial score (nSPS) is 10.4. The molecule has 0 aliphatic carbocycles. The van der Waals surface area contributed by atoms with Gasteiger partial charge in [0.25, 0.3) is 0 Å². The molecule has 29 heavy (non-hydrogen) atoms. The van der Waals surface area contributed by atoms with Crippen LogP contribution < -0.4 is 4.74 Å². The van der Waals surface area contributed by atoms with E-state index in [1.807, 2.05) is 18.2 Å². The van der Waals surface area contributed by atoms with Gasteiger partial charge in [-0.25, -0.2) is 14.3 Å². The van der Waals surface area contributed by atoms with Crippen LogP contribution in [0.5, 0.6) is 5.75 Å². The van der Waals surface area contributed by atoms with Gasteiger partial charge in [-0.1, -0.05) is 18.2 Å². The van der Waals surface area contributed by atoms with Gasteiger partial charge in [-0.05, 0) is 50.2 Å². The molecule has 0 spiro atoms. The Morgan fingerprint density at radius 1 is 0.897 bits per heavy atom. The van der Waals surface area contributed by atoms with E-state index < -0.39 is 11.9 Å². The minimum atomic E-state index is -0.647. The molecule has 0 aliphatic heterocycles. The van der Waals surface area contributed by atoms with Crippen molar-refractivity contribution < 1.29 is 23.8 Å². The first-order valence-corrected chi connectivity index (χ1v) is 9.27. The first kappa shape index (κ1) is 20.1. The van der Waals surface area contributed by atoms with E-state index in [0.717, 1.165) is 0 Å². The summed E-state index contributed by atoms with van der Waals surface area (Å²) in [4.78, 5) is 25.6. The van der Waals surface area contributed by atoms with Crippen LogP contribution in [0.15, 0.2) is 54.6 Å². The Hall–Kier alpha value is -3.61. The lowest BCUT2D eigenvalue weighted by Gasteiger charge is -2.08. The Labute approximate surface area is 168 Å². The lowest BCUT2D eigenvalue weighted by atomic mass is 10.1. The third-order valence-electron chi connectivity index (χ3n) is 4.20. The van der Waals surface area contributed by atoms with Crippen LogP contribution in [0.2, 0.25) is 0 Å². The second-order valence-electron chi connectivity index (χ2n) is 5.99. The number of carbonyl (C=O) groups is 2. The van der Waals surface area contributed by atoms with E-state index in [9.17, 15) is 9.59 Å². The number of methoxy groups -OCH3 is 1. The van der Waals surface area contributed by atoms with Crippen molar-refractivity contribution in [3.8, 4) is 22.7 Å². The van der Waals surface area contributed by atoms with E-state index in [-0.39, 0.29) is 24.5 Å². The first-order chi connectivity index (χ1) is 14.1. The third-order valence-corrected chi connectivity index (χ3v) is 4.20. The Morgan fingerprint density at radius 3 is 2.10 bits per heavy atom. The largest absolute Gasteiger partial charge is 0.497 e. The fourth-order valence-electron chi connectivity index (χ4n) is 2.91. The molecule has 0 N–H and O–H groups in total. The van der Waals surface area contributed by atoms with E-state index >= 15 is 0 Å². The maximum Gasteiger partial charge on any atom is 0.357 e. The van der Waals surface area contributed by atoms with Crippen molar-refractivity contribution >= 4 is 11.9 Å². The zero-order chi connectivity index (χ0) is 20.8. The highest BCUT2D eigenvalue weighted by Crippen LogP contribution is 2.30. The van der Waals surface area contributed by atoms with Gasteiger partial charge >= 0.3 is 11.9 Å². The molecular formula is C22H22N2O5. The lowest BCUT2D eigenvalue weighted by Crippen LogP contribution is -2.17. The predicted octanol–water partition coefficient (Wildman–Crippen LogP) is 3.90. The Kier molecular flexibility index (Phi) is 6.29. The Morgan fingerprint density at radius 2 is 1.52 bits per heavy atom. The van der Waals surface area contributed by atoms with Gasteiger partial charge < -0.3 is 14.2 Å². The van der Waals surface area contributed by atoms with Gasteiger partial charge in [-0.15, -0.1) is 0 Å². The number of esters is 2. The summed E-state index contributed by atoms with van der Waals surface area (Å²) < 4.78 is 17.1. The van der Waals surface area contributed by atoms with Crippen molar-refractivity contribution in [2.75, 3.05) is 20.3 Å². The number of hydrogen-bond acceptors (Lipinski definition) is 6. The number of carbonyl (C=O) groups excluding carboxylic acids is 2. The number of para-hydroxylation sites is 1. The molecule has 0 unspecified atom stereocenters. The van der Waals surface area contributed by atoms with Crippen LogP contribution in [-0.2, 0) is 9.47 Å². The van der Waals surface area contributed by atoms with E-state index in [4.69, 9.17) is 14.2 Å². The lowest BCUT2D eigenvalue weighted by molar-refractivity contribution is 0.0473. The van der Waals surface area contributed by atoms with Gasteiger partial charge in [0.2, 0.25) is 0 Å². The fraction of sp³-hybridized carbons (Fsp3) is 0.227. The summed E-state index contributed by atoms with van der Waals surface area (Å²) in [5.41, 5.74) is 1.70. The minimum absolute atomic E-state index is 0.0299. The van der Waals surface area contributed by atoms with Gasteiger partial charge in [-0.2, -0.15) is 5.10 Å². The molecule has 2 aromatic carbocycles. The summed E-state index contributed by atoms with van der Waals surface area (Å²) in [7, 11) is 1.57. The number of aromatic nitrogens is 2. The smallest absolute Gasteiger partial charge is 0.357 e. The molecule has 7 nitrogen and oxygen atoms in total. The fourth-order valence-corrected chi connectivity index (χ4v) is 2.91. The van der Waals surface area contributed by atoms with E-state index in [0.29, 0.717) is 22.7 Å². The second kappa shape index (κ2) is 9.05. The monoisotopic (exact) mass is 394 g/mol. The molecule has 7 heteroatoms. The van der Waals surface area contributed by atoms with Gasteiger partial charge in [0.1, 0.15) is 17.0 Å². The van der Waals surface area contributed by atoms with Crippen LogP contribution in [-0.4, -0.2) is 42.0 Å². The van der Waals surface area contributed by atoms with Crippen molar-refractivity contribution in [2.24, 2.45) is 0 Å². The molecule has 0 atom stereocenters. The Bertz CT molecular complexity index is 994. The molecule has 3 aromatic rings. The van der Waals surface area contributed by atoms with Crippen LogP contribution in [0.25, 0.3) is 16.9 Å². The molecule has 150 valence electrons. The summed E-state index contributed by atoms with van der Waals surface area (Å²) in [5.74, 6) is -0.616. The SMILES string of the molecule is CCOC(=O)c1c(-c2ccc(OC)cc2)nn(-c2ccccc2)c1C(=O)OCC. The molecule has 0 aliphatic rings. The van der Waals surface area contributed by atoms with Crippen LogP contribution in [0.1, 0.15) is 34.7 Å². The quantitative estimate of drug-likeness (QED) is 0.566. The molecular weight excluding hydrogens is 372 g/mol. The molecule has 1 heterocycles. The van der Waals surface area contributed by atoms with Gasteiger partial charge in [0.05, 0.1) is 26.0 Å². The average molecular weight is 394 g/mol. The third kappa shape index (κ3) is 4.13. The summed E-state index contributed by atoms with van der Waals surface area (Å²) in [5, 5.41) is 4.59. The highest BCUT2D eigenvalue weighted by molar-refractivity contribution is 6.06. The number of rotatable bonds is 7. The molecule has 3 rings (SSSR count). The highest BCUT2D eigenvalue weighted by Gasteiger charge is 2.31. The molecule has 1 aromatic heterocycles. The molecule has 0 bridgehead atoms. The number of ether oxygens (including phenoxy) is 3. The number of benzene rings is 2. The topological polar surface area (TPSA) is 79.7 Å². The highest BCUT2D eigenvalue weighted by atomic mass is 16.5. The summed E-state index contributed by atoms with van der Waals surface area (Å²) >= 11 is 0. The van der Waals surface area contributed by atoms with Crippen molar-refractivity contribution in [3.05, 3.63) is 65.9 Å². The zero-order valence-electron chi connectivity index (χ0n) is 16.5. The molecule has 0 fully saturated rings. The second-order valence-corrected chi connectivity index (χ2v) is 5.99. The van der Waals surface area contributed by atoms with Crippen molar-refractivity contribution in [2.45, 2.75) is 13.8 Å². The van der Waals surface area contributed by atoms with Crippen LogP contribution >= 0.6 is 0 Å². The van der Waals surface area contributed by atoms with Gasteiger partial charge in [-0.3, -0.25) is 0 Å². The average Bonchev–Trinajstić information content (AvgIpc) is 3.16. The minimum Gasteiger partial charge on any atom is -0.497 e. The van der Waals surface area contributed by atoms with E-state index in [2.05, 4.69) is 5.10 Å². The van der Waals surface area contributed by atoms with Crippen molar-refractivity contribution in [1.29, 1.82) is 0 Å². The molecule has 0 saturated heterocycles. The number of hydrogen-bond donors (Lipinski definition) is 0. The van der Waals surface area contributed by atoms with Crippen LogP contribution in [0, 0.1) is 0 Å². The standard InChI is InChI=1S/C22H22N2O5/c1-4-28-21(25)18-19(15-11-13-17(27-3)14-12-15)23-24(16-9-7-6-8-10-16)20(18)22(26)29-5-2/h6-14H,4-5H2,1-3H3. The van der Waals surface area contributed by atoms with E-state index in [1.165, 1.54) is 4.68 Å². The summed E-state index contributed by atoms with van der Waals surface area (Å²) in [6.45, 7) is 3.74. The van der Waals surface area contributed by atoms with Crippen LogP contribution in [0.4, 0.5) is 0 Å².